The highest BCUT2D eigenvalue weighted by atomic mass is 32.2. The lowest BCUT2D eigenvalue weighted by Crippen LogP contribution is -2.24. The van der Waals surface area contributed by atoms with Gasteiger partial charge >= 0.3 is 5.97 Å². The minimum Gasteiger partial charge on any atom is -0.478 e. The van der Waals surface area contributed by atoms with Crippen molar-refractivity contribution in [3.05, 3.63) is 41.3 Å². The van der Waals surface area contributed by atoms with Crippen molar-refractivity contribution in [2.75, 3.05) is 0 Å². The second kappa shape index (κ2) is 5.62. The van der Waals surface area contributed by atoms with Gasteiger partial charge in [-0.05, 0) is 19.1 Å². The van der Waals surface area contributed by atoms with E-state index in [4.69, 9.17) is 5.11 Å². The standard InChI is InChI=1S/C12H14N4O4S/c1-8-10(6-14-16(8)2)7-15-21(19,20)11-4-3-9(5-13-11)12(17)18/h3-6,15H,7H2,1-2H3,(H,17,18). The average molecular weight is 310 g/mol. The predicted molar refractivity (Wildman–Crippen MR) is 73.2 cm³/mol. The number of hydrogen-bond donors (Lipinski definition) is 2. The zero-order chi connectivity index (χ0) is 15.6. The molecule has 0 amide bonds. The molecule has 0 aliphatic heterocycles. The third-order valence-electron chi connectivity index (χ3n) is 3.05. The Morgan fingerprint density at radius 3 is 2.57 bits per heavy atom. The van der Waals surface area contributed by atoms with Gasteiger partial charge in [0.1, 0.15) is 0 Å². The molecule has 0 radical (unpaired) electrons. The van der Waals surface area contributed by atoms with Crippen LogP contribution in [0.5, 0.6) is 0 Å². The molecular weight excluding hydrogens is 296 g/mol. The van der Waals surface area contributed by atoms with Gasteiger partial charge in [-0.3, -0.25) is 4.68 Å². The van der Waals surface area contributed by atoms with Crippen LogP contribution in [-0.2, 0) is 23.6 Å². The summed E-state index contributed by atoms with van der Waals surface area (Å²) in [5.74, 6) is -1.16. The highest BCUT2D eigenvalue weighted by molar-refractivity contribution is 7.89. The van der Waals surface area contributed by atoms with Crippen molar-refractivity contribution in [1.82, 2.24) is 19.5 Å². The number of rotatable bonds is 5. The van der Waals surface area contributed by atoms with Crippen molar-refractivity contribution in [2.24, 2.45) is 7.05 Å². The first-order valence-corrected chi connectivity index (χ1v) is 7.46. The molecule has 112 valence electrons. The van der Waals surface area contributed by atoms with Crippen LogP contribution in [0.4, 0.5) is 0 Å². The molecule has 0 unspecified atom stereocenters. The molecule has 2 aromatic heterocycles. The summed E-state index contributed by atoms with van der Waals surface area (Å²) in [6.45, 7) is 1.92. The van der Waals surface area contributed by atoms with E-state index in [1.807, 2.05) is 6.92 Å². The third-order valence-corrected chi connectivity index (χ3v) is 4.36. The van der Waals surface area contributed by atoms with Crippen LogP contribution < -0.4 is 4.72 Å². The molecule has 0 saturated heterocycles. The van der Waals surface area contributed by atoms with E-state index in [1.54, 1.807) is 17.9 Å². The van der Waals surface area contributed by atoms with Crippen LogP contribution in [0.25, 0.3) is 0 Å². The Hall–Kier alpha value is -2.26. The first-order chi connectivity index (χ1) is 9.81. The number of aromatic nitrogens is 3. The number of aromatic carboxylic acids is 1. The zero-order valence-electron chi connectivity index (χ0n) is 11.4. The SMILES string of the molecule is Cc1c(CNS(=O)(=O)c2ccc(C(=O)O)cn2)cnn1C. The molecule has 2 rings (SSSR count). The van der Waals surface area contributed by atoms with E-state index in [2.05, 4.69) is 14.8 Å². The summed E-state index contributed by atoms with van der Waals surface area (Å²) in [6.07, 6.45) is 2.59. The van der Waals surface area contributed by atoms with E-state index >= 15 is 0 Å². The maximum absolute atomic E-state index is 12.1. The number of nitrogens with zero attached hydrogens (tertiary/aromatic N) is 3. The summed E-state index contributed by atoms with van der Waals surface area (Å²) in [5, 5.41) is 12.5. The van der Waals surface area contributed by atoms with E-state index in [1.165, 1.54) is 6.07 Å². The Labute approximate surface area is 121 Å². The van der Waals surface area contributed by atoms with Gasteiger partial charge in [0.25, 0.3) is 10.0 Å². The molecule has 0 saturated carbocycles. The highest BCUT2D eigenvalue weighted by Gasteiger charge is 2.17. The van der Waals surface area contributed by atoms with Crippen molar-refractivity contribution >= 4 is 16.0 Å². The molecule has 0 fully saturated rings. The van der Waals surface area contributed by atoms with E-state index in [-0.39, 0.29) is 17.1 Å². The zero-order valence-corrected chi connectivity index (χ0v) is 12.3. The van der Waals surface area contributed by atoms with Gasteiger partial charge in [0.2, 0.25) is 0 Å². The third kappa shape index (κ3) is 3.26. The van der Waals surface area contributed by atoms with Crippen LogP contribution in [0.15, 0.2) is 29.6 Å². The minimum atomic E-state index is -3.80. The van der Waals surface area contributed by atoms with Crippen molar-refractivity contribution in [1.29, 1.82) is 0 Å². The number of pyridine rings is 1. The van der Waals surface area contributed by atoms with Crippen molar-refractivity contribution in [2.45, 2.75) is 18.5 Å². The molecule has 2 aromatic rings. The second-order valence-corrected chi connectivity index (χ2v) is 6.11. The van der Waals surface area contributed by atoms with Gasteiger partial charge in [0.15, 0.2) is 5.03 Å². The molecule has 21 heavy (non-hydrogen) atoms. The number of aryl methyl sites for hydroxylation is 1. The summed E-state index contributed by atoms with van der Waals surface area (Å²) < 4.78 is 28.2. The van der Waals surface area contributed by atoms with Gasteiger partial charge < -0.3 is 5.11 Å². The van der Waals surface area contributed by atoms with Crippen LogP contribution in [0.2, 0.25) is 0 Å². The first kappa shape index (κ1) is 15.1. The maximum Gasteiger partial charge on any atom is 0.337 e. The molecule has 0 aromatic carbocycles. The van der Waals surface area contributed by atoms with Gasteiger partial charge in [0, 0.05) is 31.0 Å². The Morgan fingerprint density at radius 2 is 2.10 bits per heavy atom. The number of carboxylic acid groups (broad SMARTS) is 1. The summed E-state index contributed by atoms with van der Waals surface area (Å²) in [5.41, 5.74) is 1.53. The van der Waals surface area contributed by atoms with E-state index in [0.717, 1.165) is 23.5 Å². The molecule has 9 heteroatoms. The Balaban J connectivity index is 2.15. The fourth-order valence-electron chi connectivity index (χ4n) is 1.63. The van der Waals surface area contributed by atoms with Gasteiger partial charge in [0.05, 0.1) is 11.8 Å². The van der Waals surface area contributed by atoms with E-state index < -0.39 is 16.0 Å². The van der Waals surface area contributed by atoms with Crippen LogP contribution in [0.1, 0.15) is 21.6 Å². The van der Waals surface area contributed by atoms with Gasteiger partial charge in [-0.2, -0.15) is 5.10 Å². The van der Waals surface area contributed by atoms with Gasteiger partial charge in [-0.25, -0.2) is 22.9 Å². The van der Waals surface area contributed by atoms with E-state index in [0.29, 0.717) is 0 Å². The van der Waals surface area contributed by atoms with Crippen LogP contribution in [-0.4, -0.2) is 34.3 Å². The molecule has 0 aliphatic rings. The van der Waals surface area contributed by atoms with Crippen LogP contribution in [0.3, 0.4) is 0 Å². The topological polar surface area (TPSA) is 114 Å². The average Bonchev–Trinajstić information content (AvgIpc) is 2.77. The van der Waals surface area contributed by atoms with Crippen molar-refractivity contribution < 1.29 is 18.3 Å². The molecule has 0 aliphatic carbocycles. The minimum absolute atomic E-state index is 0.0722. The number of carbonyl (C=O) groups is 1. The number of hydrogen-bond acceptors (Lipinski definition) is 5. The highest BCUT2D eigenvalue weighted by Crippen LogP contribution is 2.10. The lowest BCUT2D eigenvalue weighted by atomic mass is 10.3. The lowest BCUT2D eigenvalue weighted by molar-refractivity contribution is 0.0696. The number of nitrogens with one attached hydrogen (secondary N) is 1. The first-order valence-electron chi connectivity index (χ1n) is 5.98. The summed E-state index contributed by atoms with van der Waals surface area (Å²) in [7, 11) is -2.04. The Morgan fingerprint density at radius 1 is 1.38 bits per heavy atom. The quantitative estimate of drug-likeness (QED) is 0.821. The largest absolute Gasteiger partial charge is 0.478 e. The molecule has 2 heterocycles. The lowest BCUT2D eigenvalue weighted by Gasteiger charge is -2.06. The molecule has 2 N–H and O–H groups in total. The van der Waals surface area contributed by atoms with Gasteiger partial charge in [-0.15, -0.1) is 0 Å². The Bertz CT molecular complexity index is 765. The monoisotopic (exact) mass is 310 g/mol. The smallest absolute Gasteiger partial charge is 0.337 e. The predicted octanol–water partition coefficient (Wildman–Crippen LogP) is 0.300. The van der Waals surface area contributed by atoms with Crippen molar-refractivity contribution in [3.63, 3.8) is 0 Å². The summed E-state index contributed by atoms with van der Waals surface area (Å²) >= 11 is 0. The molecular formula is C12H14N4O4S. The second-order valence-electron chi connectivity index (χ2n) is 4.39. The molecule has 0 atom stereocenters. The fourth-order valence-corrected chi connectivity index (χ4v) is 2.56. The molecule has 0 spiro atoms. The fraction of sp³-hybridized carbons (Fsp3) is 0.250. The van der Waals surface area contributed by atoms with Crippen molar-refractivity contribution in [3.8, 4) is 0 Å². The summed E-state index contributed by atoms with van der Waals surface area (Å²) in [6, 6.07) is 2.35. The number of sulfonamides is 1. The number of carboxylic acids is 1. The molecule has 0 bridgehead atoms. The van der Waals surface area contributed by atoms with Gasteiger partial charge in [-0.1, -0.05) is 0 Å². The van der Waals surface area contributed by atoms with Crippen LogP contribution in [0, 0.1) is 6.92 Å². The molecule has 8 nitrogen and oxygen atoms in total. The van der Waals surface area contributed by atoms with Crippen LogP contribution >= 0.6 is 0 Å². The van der Waals surface area contributed by atoms with E-state index in [9.17, 15) is 13.2 Å². The Kier molecular flexibility index (Phi) is 4.05. The maximum atomic E-state index is 12.1. The normalized spacial score (nSPS) is 11.5. The summed E-state index contributed by atoms with van der Waals surface area (Å²) in [4.78, 5) is 14.4.